The van der Waals surface area contributed by atoms with Gasteiger partial charge >= 0.3 is 0 Å². The number of allylic oxidation sites excluding steroid dienone is 7. The molecule has 0 aliphatic rings. The van der Waals surface area contributed by atoms with E-state index >= 15 is 0 Å². The van der Waals surface area contributed by atoms with Crippen molar-refractivity contribution >= 4 is 5.91 Å². The zero-order valence-electron chi connectivity index (χ0n) is 23.8. The monoisotopic (exact) mass is 519 g/mol. The summed E-state index contributed by atoms with van der Waals surface area (Å²) in [6.07, 6.45) is 32.4. The van der Waals surface area contributed by atoms with Gasteiger partial charge in [-0.1, -0.05) is 100 Å². The standard InChI is InChI=1S/C32H57NO4/c1-3-5-7-9-11-13-14-15-16-18-19-21-23-25-29(35)27-32(37)33-30(28-34)31(36)26-24-22-20-17-12-10-8-6-4-2/h4,6,12-14,17,24,26,29-31,34-36H,3,5,7-11,15-16,18-23,25,27-28H2,1-2H3,(H,33,37)/b6-4+,14-13-,17-12+,26-24+. The summed E-state index contributed by atoms with van der Waals surface area (Å²) in [5.41, 5.74) is 0. The van der Waals surface area contributed by atoms with Crippen LogP contribution in [0, 0.1) is 0 Å². The number of hydrogen-bond acceptors (Lipinski definition) is 4. The molecule has 0 aromatic rings. The van der Waals surface area contributed by atoms with Gasteiger partial charge in [0.25, 0.3) is 0 Å². The normalized spacial score (nSPS) is 14.8. The molecule has 5 nitrogen and oxygen atoms in total. The Bertz CT molecular complexity index is 626. The average Bonchev–Trinajstić information content (AvgIpc) is 2.88. The first kappa shape index (κ1) is 35.3. The Kier molecular flexibility index (Phi) is 26.1. The van der Waals surface area contributed by atoms with Crippen molar-refractivity contribution in [2.45, 2.75) is 141 Å². The van der Waals surface area contributed by atoms with E-state index in [9.17, 15) is 20.1 Å². The number of nitrogens with one attached hydrogen (secondary N) is 1. The van der Waals surface area contributed by atoms with E-state index in [0.29, 0.717) is 6.42 Å². The first-order valence-electron chi connectivity index (χ1n) is 14.9. The molecule has 0 aromatic carbocycles. The maximum Gasteiger partial charge on any atom is 0.222 e. The van der Waals surface area contributed by atoms with E-state index in [-0.39, 0.29) is 18.9 Å². The van der Waals surface area contributed by atoms with E-state index < -0.39 is 18.2 Å². The molecule has 4 N–H and O–H groups in total. The van der Waals surface area contributed by atoms with Crippen molar-refractivity contribution in [3.05, 3.63) is 48.6 Å². The molecule has 0 bridgehead atoms. The average molecular weight is 520 g/mol. The van der Waals surface area contributed by atoms with Crippen molar-refractivity contribution in [2.75, 3.05) is 6.61 Å². The molecule has 3 atom stereocenters. The predicted octanol–water partition coefficient (Wildman–Crippen LogP) is 7.08. The van der Waals surface area contributed by atoms with Gasteiger partial charge in [-0.2, -0.15) is 0 Å². The van der Waals surface area contributed by atoms with Gasteiger partial charge in [-0.15, -0.1) is 0 Å². The van der Waals surface area contributed by atoms with E-state index in [2.05, 4.69) is 42.6 Å². The molecule has 3 unspecified atom stereocenters. The Hall–Kier alpha value is -1.69. The molecular weight excluding hydrogens is 462 g/mol. The summed E-state index contributed by atoms with van der Waals surface area (Å²) in [6, 6.07) is -0.766. The third-order valence-electron chi connectivity index (χ3n) is 6.41. The molecule has 5 heteroatoms. The molecule has 0 heterocycles. The van der Waals surface area contributed by atoms with Crippen molar-refractivity contribution in [2.24, 2.45) is 0 Å². The zero-order valence-corrected chi connectivity index (χ0v) is 23.8. The molecule has 0 rings (SSSR count). The Morgan fingerprint density at radius 2 is 1.27 bits per heavy atom. The van der Waals surface area contributed by atoms with Gasteiger partial charge in [0.1, 0.15) is 0 Å². The van der Waals surface area contributed by atoms with Crippen molar-refractivity contribution in [1.82, 2.24) is 5.32 Å². The first-order chi connectivity index (χ1) is 18.0. The van der Waals surface area contributed by atoms with Crippen molar-refractivity contribution in [3.8, 4) is 0 Å². The molecule has 0 spiro atoms. The number of aliphatic hydroxyl groups is 3. The molecule has 0 fully saturated rings. The quantitative estimate of drug-likeness (QED) is 0.0766. The van der Waals surface area contributed by atoms with E-state index in [0.717, 1.165) is 51.4 Å². The zero-order chi connectivity index (χ0) is 27.4. The van der Waals surface area contributed by atoms with Crippen LogP contribution in [0.3, 0.4) is 0 Å². The van der Waals surface area contributed by atoms with Crippen LogP contribution >= 0.6 is 0 Å². The van der Waals surface area contributed by atoms with Gasteiger partial charge in [0.2, 0.25) is 5.91 Å². The van der Waals surface area contributed by atoms with Crippen LogP contribution in [0.5, 0.6) is 0 Å². The molecule has 37 heavy (non-hydrogen) atoms. The van der Waals surface area contributed by atoms with Crippen LogP contribution in [-0.2, 0) is 4.79 Å². The lowest BCUT2D eigenvalue weighted by Crippen LogP contribution is -2.45. The summed E-state index contributed by atoms with van der Waals surface area (Å²) in [6.45, 7) is 3.90. The second kappa shape index (κ2) is 27.3. The van der Waals surface area contributed by atoms with Gasteiger partial charge in [0.05, 0.1) is 31.3 Å². The fourth-order valence-electron chi connectivity index (χ4n) is 4.07. The summed E-state index contributed by atoms with van der Waals surface area (Å²) in [7, 11) is 0. The maximum atomic E-state index is 12.2. The first-order valence-corrected chi connectivity index (χ1v) is 14.9. The number of aliphatic hydroxyl groups excluding tert-OH is 3. The summed E-state index contributed by atoms with van der Waals surface area (Å²) in [5, 5.41) is 32.7. The minimum absolute atomic E-state index is 0.00595. The fourth-order valence-corrected chi connectivity index (χ4v) is 4.07. The lowest BCUT2D eigenvalue weighted by atomic mass is 10.0. The van der Waals surface area contributed by atoms with Gasteiger partial charge < -0.3 is 20.6 Å². The van der Waals surface area contributed by atoms with Crippen LogP contribution in [-0.4, -0.2) is 46.1 Å². The fraction of sp³-hybridized carbons (Fsp3) is 0.719. The highest BCUT2D eigenvalue weighted by Gasteiger charge is 2.19. The minimum Gasteiger partial charge on any atom is -0.394 e. The number of unbranched alkanes of at least 4 members (excludes halogenated alkanes) is 11. The minimum atomic E-state index is -0.958. The number of hydrogen-bond donors (Lipinski definition) is 4. The number of rotatable bonds is 25. The number of carbonyl (C=O) groups is 1. The van der Waals surface area contributed by atoms with Gasteiger partial charge in [-0.3, -0.25) is 4.79 Å². The highest BCUT2D eigenvalue weighted by Crippen LogP contribution is 2.11. The molecule has 0 aromatic heterocycles. The van der Waals surface area contributed by atoms with E-state index in [4.69, 9.17) is 0 Å². The molecule has 0 saturated carbocycles. The molecular formula is C32H57NO4. The van der Waals surface area contributed by atoms with Crippen molar-refractivity contribution in [3.63, 3.8) is 0 Å². The maximum absolute atomic E-state index is 12.2. The third-order valence-corrected chi connectivity index (χ3v) is 6.41. The predicted molar refractivity (Wildman–Crippen MR) is 157 cm³/mol. The van der Waals surface area contributed by atoms with E-state index in [1.54, 1.807) is 6.08 Å². The van der Waals surface area contributed by atoms with Gasteiger partial charge in [0, 0.05) is 0 Å². The molecule has 0 aliphatic heterocycles. The molecule has 0 aliphatic carbocycles. The van der Waals surface area contributed by atoms with Crippen LogP contribution in [0.4, 0.5) is 0 Å². The van der Waals surface area contributed by atoms with Crippen LogP contribution in [0.1, 0.15) is 123 Å². The van der Waals surface area contributed by atoms with Crippen molar-refractivity contribution < 1.29 is 20.1 Å². The highest BCUT2D eigenvalue weighted by atomic mass is 16.3. The second-order valence-electron chi connectivity index (χ2n) is 9.99. The molecule has 0 radical (unpaired) electrons. The topological polar surface area (TPSA) is 89.8 Å². The summed E-state index contributed by atoms with van der Waals surface area (Å²) in [4.78, 5) is 12.2. The van der Waals surface area contributed by atoms with E-state index in [1.165, 1.54) is 44.9 Å². The smallest absolute Gasteiger partial charge is 0.222 e. The second-order valence-corrected chi connectivity index (χ2v) is 9.99. The Morgan fingerprint density at radius 3 is 1.89 bits per heavy atom. The van der Waals surface area contributed by atoms with Gasteiger partial charge in [-0.25, -0.2) is 0 Å². The van der Waals surface area contributed by atoms with E-state index in [1.807, 2.05) is 19.1 Å². The van der Waals surface area contributed by atoms with Crippen LogP contribution in [0.25, 0.3) is 0 Å². The SMILES string of the molecule is C/C=C/CC/C=C/CC/C=C/C(O)C(CO)NC(=O)CC(O)CCCCCCC/C=C\CCCCCC. The largest absolute Gasteiger partial charge is 0.394 e. The van der Waals surface area contributed by atoms with Gasteiger partial charge in [-0.05, 0) is 64.7 Å². The Morgan fingerprint density at radius 1 is 0.730 bits per heavy atom. The van der Waals surface area contributed by atoms with Crippen LogP contribution in [0.2, 0.25) is 0 Å². The third kappa shape index (κ3) is 24.4. The Labute approximate surface area is 227 Å². The lowest BCUT2D eigenvalue weighted by Gasteiger charge is -2.20. The summed E-state index contributed by atoms with van der Waals surface area (Å²) in [5.74, 6) is -0.343. The van der Waals surface area contributed by atoms with Gasteiger partial charge in [0.15, 0.2) is 0 Å². The lowest BCUT2D eigenvalue weighted by molar-refractivity contribution is -0.124. The highest BCUT2D eigenvalue weighted by molar-refractivity contribution is 5.76. The van der Waals surface area contributed by atoms with Crippen molar-refractivity contribution in [1.29, 1.82) is 0 Å². The molecule has 0 saturated heterocycles. The molecule has 1 amide bonds. The number of carbonyl (C=O) groups excluding carboxylic acids is 1. The van der Waals surface area contributed by atoms with Crippen LogP contribution in [0.15, 0.2) is 48.6 Å². The summed E-state index contributed by atoms with van der Waals surface area (Å²) < 4.78 is 0. The summed E-state index contributed by atoms with van der Waals surface area (Å²) >= 11 is 0. The van der Waals surface area contributed by atoms with Crippen LogP contribution < -0.4 is 5.32 Å². The number of amides is 1. The molecule has 214 valence electrons. The Balaban J connectivity index is 3.88.